The number of rotatable bonds is 1. The Morgan fingerprint density at radius 3 is 2.35 bits per heavy atom. The SMILES string of the molecule is CN(C(=O)OC(C)(C)C)c1cnc(Cl)c(C(F)(F)F)c1. The highest BCUT2D eigenvalue weighted by Crippen LogP contribution is 2.35. The molecule has 0 radical (unpaired) electrons. The van der Waals surface area contributed by atoms with E-state index in [1.54, 1.807) is 20.8 Å². The molecule has 0 fully saturated rings. The van der Waals surface area contributed by atoms with Crippen LogP contribution in [0.2, 0.25) is 5.15 Å². The summed E-state index contributed by atoms with van der Waals surface area (Å²) in [6, 6.07) is 0.749. The molecule has 1 amide bonds. The monoisotopic (exact) mass is 310 g/mol. The summed E-state index contributed by atoms with van der Waals surface area (Å²) >= 11 is 5.41. The van der Waals surface area contributed by atoms with Gasteiger partial charge in [0.25, 0.3) is 0 Å². The van der Waals surface area contributed by atoms with Gasteiger partial charge >= 0.3 is 12.3 Å². The van der Waals surface area contributed by atoms with Crippen LogP contribution in [0.15, 0.2) is 12.3 Å². The second-order valence-electron chi connectivity index (χ2n) is 5.07. The topological polar surface area (TPSA) is 42.4 Å². The van der Waals surface area contributed by atoms with Gasteiger partial charge in [0.15, 0.2) is 0 Å². The van der Waals surface area contributed by atoms with Gasteiger partial charge in [0.05, 0.1) is 17.4 Å². The molecular weight excluding hydrogens is 297 g/mol. The molecule has 0 aliphatic carbocycles. The summed E-state index contributed by atoms with van der Waals surface area (Å²) in [6.07, 6.45) is -4.36. The lowest BCUT2D eigenvalue weighted by Crippen LogP contribution is -2.34. The Morgan fingerprint density at radius 2 is 1.90 bits per heavy atom. The fourth-order valence-corrected chi connectivity index (χ4v) is 1.47. The van der Waals surface area contributed by atoms with Crippen molar-refractivity contribution < 1.29 is 22.7 Å². The minimum Gasteiger partial charge on any atom is -0.443 e. The van der Waals surface area contributed by atoms with Gasteiger partial charge in [0.2, 0.25) is 0 Å². The van der Waals surface area contributed by atoms with Crippen LogP contribution < -0.4 is 4.90 Å². The number of carbonyl (C=O) groups is 1. The Kier molecular flexibility index (Phi) is 4.53. The van der Waals surface area contributed by atoms with Gasteiger partial charge in [-0.05, 0) is 26.8 Å². The number of alkyl halides is 3. The van der Waals surface area contributed by atoms with Crippen LogP contribution in [-0.4, -0.2) is 23.7 Å². The van der Waals surface area contributed by atoms with Crippen LogP contribution >= 0.6 is 11.6 Å². The minimum absolute atomic E-state index is 0.0593. The first-order valence-corrected chi connectivity index (χ1v) is 5.99. The fourth-order valence-electron chi connectivity index (χ4n) is 1.26. The molecule has 4 nitrogen and oxygen atoms in total. The fraction of sp³-hybridized carbons (Fsp3) is 0.500. The van der Waals surface area contributed by atoms with Crippen molar-refractivity contribution in [1.82, 2.24) is 4.98 Å². The largest absolute Gasteiger partial charge is 0.443 e. The lowest BCUT2D eigenvalue weighted by atomic mass is 10.2. The lowest BCUT2D eigenvalue weighted by Gasteiger charge is -2.25. The Bertz CT molecular complexity index is 512. The van der Waals surface area contributed by atoms with Crippen LogP contribution in [-0.2, 0) is 10.9 Å². The van der Waals surface area contributed by atoms with Crippen molar-refractivity contribution in [2.45, 2.75) is 32.5 Å². The number of ether oxygens (including phenoxy) is 1. The van der Waals surface area contributed by atoms with Crippen LogP contribution in [0.25, 0.3) is 0 Å². The van der Waals surface area contributed by atoms with Gasteiger partial charge in [-0.25, -0.2) is 9.78 Å². The van der Waals surface area contributed by atoms with Gasteiger partial charge in [0.1, 0.15) is 10.8 Å². The third-order valence-corrected chi connectivity index (χ3v) is 2.49. The van der Waals surface area contributed by atoms with E-state index in [9.17, 15) is 18.0 Å². The molecule has 8 heteroatoms. The highest BCUT2D eigenvalue weighted by molar-refractivity contribution is 6.30. The molecular formula is C12H14ClF3N2O2. The maximum absolute atomic E-state index is 12.7. The number of anilines is 1. The summed E-state index contributed by atoms with van der Waals surface area (Å²) in [5, 5.41) is -0.668. The molecule has 1 aromatic heterocycles. The summed E-state index contributed by atoms with van der Waals surface area (Å²) in [6.45, 7) is 4.96. The second-order valence-corrected chi connectivity index (χ2v) is 5.43. The molecule has 0 saturated heterocycles. The number of carbonyl (C=O) groups excluding carboxylic acids is 1. The quantitative estimate of drug-likeness (QED) is 0.733. The van der Waals surface area contributed by atoms with E-state index in [0.29, 0.717) is 0 Å². The van der Waals surface area contributed by atoms with E-state index in [1.165, 1.54) is 7.05 Å². The van der Waals surface area contributed by atoms with E-state index in [4.69, 9.17) is 16.3 Å². The number of aromatic nitrogens is 1. The third kappa shape index (κ3) is 4.26. The average Bonchev–Trinajstić information content (AvgIpc) is 2.24. The molecule has 0 unspecified atom stereocenters. The van der Waals surface area contributed by atoms with Crippen molar-refractivity contribution in [2.24, 2.45) is 0 Å². The molecule has 0 spiro atoms. The first-order valence-electron chi connectivity index (χ1n) is 5.61. The first-order chi connectivity index (χ1) is 8.92. The molecule has 0 aromatic carbocycles. The van der Waals surface area contributed by atoms with Crippen LogP contribution in [0.1, 0.15) is 26.3 Å². The molecule has 112 valence electrons. The van der Waals surface area contributed by atoms with Gasteiger partial charge in [-0.15, -0.1) is 0 Å². The van der Waals surface area contributed by atoms with Crippen molar-refractivity contribution >= 4 is 23.4 Å². The zero-order valence-electron chi connectivity index (χ0n) is 11.4. The van der Waals surface area contributed by atoms with E-state index in [0.717, 1.165) is 17.2 Å². The molecule has 0 bridgehead atoms. The Morgan fingerprint density at radius 1 is 1.35 bits per heavy atom. The minimum atomic E-state index is -4.64. The number of halogens is 4. The molecule has 20 heavy (non-hydrogen) atoms. The number of amides is 1. The first kappa shape index (κ1) is 16.6. The zero-order valence-corrected chi connectivity index (χ0v) is 12.1. The highest BCUT2D eigenvalue weighted by atomic mass is 35.5. The van der Waals surface area contributed by atoms with Gasteiger partial charge in [-0.2, -0.15) is 13.2 Å². The van der Waals surface area contributed by atoms with Gasteiger partial charge in [-0.3, -0.25) is 4.90 Å². The second kappa shape index (κ2) is 5.47. The molecule has 1 rings (SSSR count). The smallest absolute Gasteiger partial charge is 0.419 e. The maximum Gasteiger partial charge on any atom is 0.419 e. The van der Waals surface area contributed by atoms with Gasteiger partial charge in [0, 0.05) is 7.05 Å². The van der Waals surface area contributed by atoms with Crippen molar-refractivity contribution in [3.8, 4) is 0 Å². The van der Waals surface area contributed by atoms with E-state index in [1.807, 2.05) is 0 Å². The van der Waals surface area contributed by atoms with Crippen molar-refractivity contribution in [2.75, 3.05) is 11.9 Å². The van der Waals surface area contributed by atoms with Crippen LogP contribution in [0.3, 0.4) is 0 Å². The summed E-state index contributed by atoms with van der Waals surface area (Å²) in [7, 11) is 1.29. The van der Waals surface area contributed by atoms with E-state index >= 15 is 0 Å². The molecule has 0 aliphatic rings. The highest BCUT2D eigenvalue weighted by Gasteiger charge is 2.35. The molecule has 1 aromatic rings. The maximum atomic E-state index is 12.7. The van der Waals surface area contributed by atoms with Crippen LogP contribution in [0, 0.1) is 0 Å². The standard InChI is InChI=1S/C12H14ClF3N2O2/c1-11(2,3)20-10(19)18(4)7-5-8(12(14,15)16)9(13)17-6-7/h5-6H,1-4H3. The number of hydrogen-bond acceptors (Lipinski definition) is 3. The molecule has 1 heterocycles. The van der Waals surface area contributed by atoms with Crippen molar-refractivity contribution in [3.05, 3.63) is 23.0 Å². The molecule has 0 aliphatic heterocycles. The lowest BCUT2D eigenvalue weighted by molar-refractivity contribution is -0.137. The Labute approximate surface area is 119 Å². The number of pyridine rings is 1. The zero-order chi connectivity index (χ0) is 15.7. The van der Waals surface area contributed by atoms with Crippen molar-refractivity contribution in [1.29, 1.82) is 0 Å². The van der Waals surface area contributed by atoms with Gasteiger partial charge < -0.3 is 4.74 Å². The normalized spacial score (nSPS) is 12.2. The number of hydrogen-bond donors (Lipinski definition) is 0. The summed E-state index contributed by atoms with van der Waals surface area (Å²) in [5.74, 6) is 0. The average molecular weight is 311 g/mol. The summed E-state index contributed by atoms with van der Waals surface area (Å²) in [4.78, 5) is 16.1. The Hall–Kier alpha value is -1.50. The summed E-state index contributed by atoms with van der Waals surface area (Å²) < 4.78 is 43.2. The summed E-state index contributed by atoms with van der Waals surface area (Å²) in [5.41, 5.74) is -1.92. The van der Waals surface area contributed by atoms with E-state index in [-0.39, 0.29) is 5.69 Å². The van der Waals surface area contributed by atoms with Crippen LogP contribution in [0.4, 0.5) is 23.7 Å². The molecule has 0 atom stereocenters. The van der Waals surface area contributed by atoms with E-state index in [2.05, 4.69) is 4.98 Å². The molecule has 0 saturated carbocycles. The van der Waals surface area contributed by atoms with Crippen molar-refractivity contribution in [3.63, 3.8) is 0 Å². The van der Waals surface area contributed by atoms with E-state index < -0.39 is 28.6 Å². The predicted octanol–water partition coefficient (Wildman–Crippen LogP) is 4.13. The van der Waals surface area contributed by atoms with Crippen LogP contribution in [0.5, 0.6) is 0 Å². The molecule has 0 N–H and O–H groups in total. The van der Waals surface area contributed by atoms with Gasteiger partial charge in [-0.1, -0.05) is 11.6 Å². The Balaban J connectivity index is 3.06. The predicted molar refractivity (Wildman–Crippen MR) is 68.9 cm³/mol. The third-order valence-electron chi connectivity index (χ3n) is 2.18. The number of nitrogens with zero attached hydrogens (tertiary/aromatic N) is 2.